The van der Waals surface area contributed by atoms with Crippen molar-refractivity contribution in [3.8, 4) is 5.75 Å². The molecule has 0 amide bonds. The van der Waals surface area contributed by atoms with Gasteiger partial charge in [-0.25, -0.2) is 0 Å². The Balaban J connectivity index is 2.99. The number of hydrogen-bond acceptors (Lipinski definition) is 1. The lowest BCUT2D eigenvalue weighted by Crippen LogP contribution is -1.88. The van der Waals surface area contributed by atoms with E-state index in [9.17, 15) is 0 Å². The molecule has 0 bridgehead atoms. The van der Waals surface area contributed by atoms with Crippen LogP contribution in [0.2, 0.25) is 0 Å². The Hall–Kier alpha value is -0.980. The van der Waals surface area contributed by atoms with E-state index in [4.69, 9.17) is 4.74 Å². The van der Waals surface area contributed by atoms with Crippen molar-refractivity contribution in [2.75, 3.05) is 7.11 Å². The van der Waals surface area contributed by atoms with Crippen molar-refractivity contribution in [3.05, 3.63) is 29.3 Å². The molecule has 11 heavy (non-hydrogen) atoms. The van der Waals surface area contributed by atoms with Gasteiger partial charge >= 0.3 is 0 Å². The summed E-state index contributed by atoms with van der Waals surface area (Å²) in [5.74, 6) is 0.944. The molecule has 0 fully saturated rings. The van der Waals surface area contributed by atoms with Crippen LogP contribution in [0, 0.1) is 6.92 Å². The Labute approximate surface area is 68.0 Å². The van der Waals surface area contributed by atoms with E-state index in [-0.39, 0.29) is 0 Å². The predicted molar refractivity (Wildman–Crippen MR) is 47.1 cm³/mol. The van der Waals surface area contributed by atoms with E-state index in [1.807, 2.05) is 6.07 Å². The van der Waals surface area contributed by atoms with Gasteiger partial charge in [-0.05, 0) is 36.6 Å². The molecule has 1 rings (SSSR count). The number of hydrogen-bond donors (Lipinski definition) is 0. The molecule has 0 heterocycles. The smallest absolute Gasteiger partial charge is 0.119 e. The highest BCUT2D eigenvalue weighted by Crippen LogP contribution is 2.16. The summed E-state index contributed by atoms with van der Waals surface area (Å²) in [5.41, 5.74) is 2.71. The van der Waals surface area contributed by atoms with Crippen LogP contribution >= 0.6 is 0 Å². The van der Waals surface area contributed by atoms with Crippen molar-refractivity contribution in [1.82, 2.24) is 0 Å². The Morgan fingerprint density at radius 3 is 2.55 bits per heavy atom. The fourth-order valence-electron chi connectivity index (χ4n) is 1.19. The molecular weight excluding hydrogens is 136 g/mol. The minimum absolute atomic E-state index is 0.944. The molecule has 0 spiro atoms. The van der Waals surface area contributed by atoms with Gasteiger partial charge in [-0.2, -0.15) is 0 Å². The molecule has 0 aromatic heterocycles. The van der Waals surface area contributed by atoms with Gasteiger partial charge in [0, 0.05) is 0 Å². The second kappa shape index (κ2) is 3.42. The highest BCUT2D eigenvalue weighted by molar-refractivity contribution is 5.34. The van der Waals surface area contributed by atoms with Gasteiger partial charge in [0.1, 0.15) is 5.75 Å². The highest BCUT2D eigenvalue weighted by Gasteiger charge is 1.96. The topological polar surface area (TPSA) is 9.23 Å². The van der Waals surface area contributed by atoms with E-state index in [0.29, 0.717) is 0 Å². The van der Waals surface area contributed by atoms with E-state index >= 15 is 0 Å². The van der Waals surface area contributed by atoms with Crippen LogP contribution in [0.25, 0.3) is 0 Å². The van der Waals surface area contributed by atoms with Crippen LogP contribution in [0.5, 0.6) is 5.75 Å². The first-order valence-electron chi connectivity index (χ1n) is 3.91. The van der Waals surface area contributed by atoms with E-state index in [0.717, 1.165) is 12.2 Å². The van der Waals surface area contributed by atoms with Crippen LogP contribution in [0.4, 0.5) is 0 Å². The van der Waals surface area contributed by atoms with E-state index in [2.05, 4.69) is 26.0 Å². The molecule has 1 heteroatoms. The zero-order valence-electron chi connectivity index (χ0n) is 7.35. The normalized spacial score (nSPS) is 9.73. The van der Waals surface area contributed by atoms with Crippen LogP contribution in [-0.2, 0) is 6.42 Å². The SMILES string of the molecule is CCc1ccc(OC)cc1C. The molecule has 0 aliphatic heterocycles. The molecule has 0 aliphatic carbocycles. The van der Waals surface area contributed by atoms with Crippen LogP contribution in [0.3, 0.4) is 0 Å². The number of ether oxygens (including phenoxy) is 1. The van der Waals surface area contributed by atoms with Gasteiger partial charge in [0.05, 0.1) is 7.11 Å². The van der Waals surface area contributed by atoms with Crippen molar-refractivity contribution in [2.24, 2.45) is 0 Å². The van der Waals surface area contributed by atoms with E-state index in [1.165, 1.54) is 11.1 Å². The number of benzene rings is 1. The molecule has 0 saturated heterocycles. The maximum atomic E-state index is 5.09. The highest BCUT2D eigenvalue weighted by atomic mass is 16.5. The van der Waals surface area contributed by atoms with Crippen molar-refractivity contribution >= 4 is 0 Å². The lowest BCUT2D eigenvalue weighted by atomic mass is 10.1. The molecular formula is C10H14O. The summed E-state index contributed by atoms with van der Waals surface area (Å²) in [7, 11) is 1.69. The molecule has 0 radical (unpaired) electrons. The average molecular weight is 150 g/mol. The predicted octanol–water partition coefficient (Wildman–Crippen LogP) is 2.57. The van der Waals surface area contributed by atoms with Crippen LogP contribution in [-0.4, -0.2) is 7.11 Å². The van der Waals surface area contributed by atoms with Crippen molar-refractivity contribution in [2.45, 2.75) is 20.3 Å². The zero-order valence-corrected chi connectivity index (χ0v) is 7.35. The maximum Gasteiger partial charge on any atom is 0.119 e. The summed E-state index contributed by atoms with van der Waals surface area (Å²) in [4.78, 5) is 0. The second-order valence-electron chi connectivity index (χ2n) is 2.65. The fraction of sp³-hybridized carbons (Fsp3) is 0.400. The molecule has 0 aliphatic rings. The van der Waals surface area contributed by atoms with Crippen LogP contribution < -0.4 is 4.74 Å². The van der Waals surface area contributed by atoms with E-state index in [1.54, 1.807) is 7.11 Å². The Bertz CT molecular complexity index is 241. The summed E-state index contributed by atoms with van der Waals surface area (Å²) in [6.07, 6.45) is 1.09. The maximum absolute atomic E-state index is 5.09. The van der Waals surface area contributed by atoms with Gasteiger partial charge in [-0.15, -0.1) is 0 Å². The summed E-state index contributed by atoms with van der Waals surface area (Å²) >= 11 is 0. The fourth-order valence-corrected chi connectivity index (χ4v) is 1.19. The van der Waals surface area contributed by atoms with Gasteiger partial charge in [0.15, 0.2) is 0 Å². The standard InChI is InChI=1S/C10H14O/c1-4-9-5-6-10(11-3)7-8(9)2/h5-7H,4H2,1-3H3. The van der Waals surface area contributed by atoms with Gasteiger partial charge in [0.25, 0.3) is 0 Å². The third kappa shape index (κ3) is 1.73. The number of methoxy groups -OCH3 is 1. The Morgan fingerprint density at radius 1 is 1.36 bits per heavy atom. The molecule has 0 atom stereocenters. The molecule has 0 unspecified atom stereocenters. The second-order valence-corrected chi connectivity index (χ2v) is 2.65. The van der Waals surface area contributed by atoms with Crippen LogP contribution in [0.1, 0.15) is 18.1 Å². The summed E-state index contributed by atoms with van der Waals surface area (Å²) < 4.78 is 5.09. The Kier molecular flexibility index (Phi) is 2.53. The van der Waals surface area contributed by atoms with Gasteiger partial charge in [-0.1, -0.05) is 13.0 Å². The minimum Gasteiger partial charge on any atom is -0.497 e. The third-order valence-electron chi connectivity index (χ3n) is 1.93. The molecule has 1 nitrogen and oxygen atoms in total. The lowest BCUT2D eigenvalue weighted by molar-refractivity contribution is 0.414. The number of rotatable bonds is 2. The minimum atomic E-state index is 0.944. The van der Waals surface area contributed by atoms with E-state index < -0.39 is 0 Å². The van der Waals surface area contributed by atoms with Crippen molar-refractivity contribution in [3.63, 3.8) is 0 Å². The average Bonchev–Trinajstić information content (AvgIpc) is 2.04. The van der Waals surface area contributed by atoms with Crippen molar-refractivity contribution in [1.29, 1.82) is 0 Å². The third-order valence-corrected chi connectivity index (χ3v) is 1.93. The molecule has 60 valence electrons. The lowest BCUT2D eigenvalue weighted by Gasteiger charge is -2.04. The van der Waals surface area contributed by atoms with Gasteiger partial charge in [-0.3, -0.25) is 0 Å². The summed E-state index contributed by atoms with van der Waals surface area (Å²) in [5, 5.41) is 0. The Morgan fingerprint density at radius 2 is 2.09 bits per heavy atom. The molecule has 0 N–H and O–H groups in total. The van der Waals surface area contributed by atoms with Gasteiger partial charge < -0.3 is 4.74 Å². The largest absolute Gasteiger partial charge is 0.497 e. The number of aryl methyl sites for hydroxylation is 2. The molecule has 0 saturated carbocycles. The first-order chi connectivity index (χ1) is 5.27. The zero-order chi connectivity index (χ0) is 8.27. The summed E-state index contributed by atoms with van der Waals surface area (Å²) in [6.45, 7) is 4.27. The quantitative estimate of drug-likeness (QED) is 0.629. The first kappa shape index (κ1) is 8.12. The molecule has 1 aromatic rings. The summed E-state index contributed by atoms with van der Waals surface area (Å²) in [6, 6.07) is 6.19. The monoisotopic (exact) mass is 150 g/mol. The van der Waals surface area contributed by atoms with Gasteiger partial charge in [0.2, 0.25) is 0 Å². The van der Waals surface area contributed by atoms with Crippen LogP contribution in [0.15, 0.2) is 18.2 Å². The first-order valence-corrected chi connectivity index (χ1v) is 3.91. The van der Waals surface area contributed by atoms with Crippen molar-refractivity contribution < 1.29 is 4.74 Å². The molecule has 1 aromatic carbocycles.